The van der Waals surface area contributed by atoms with Crippen molar-refractivity contribution in [2.75, 3.05) is 11.9 Å². The van der Waals surface area contributed by atoms with E-state index >= 15 is 0 Å². The van der Waals surface area contributed by atoms with Crippen LogP contribution in [0.5, 0.6) is 0 Å². The molecule has 2 amide bonds. The lowest BCUT2D eigenvalue weighted by molar-refractivity contribution is -0.138. The second-order valence-corrected chi connectivity index (χ2v) is 8.79. The molecule has 1 N–H and O–H groups in total. The fourth-order valence-corrected chi connectivity index (χ4v) is 4.34. The smallest absolute Gasteiger partial charge is 0.283 e. The molecule has 0 aliphatic carbocycles. The Labute approximate surface area is 215 Å². The van der Waals surface area contributed by atoms with Gasteiger partial charge in [0.2, 0.25) is 0 Å². The van der Waals surface area contributed by atoms with Gasteiger partial charge in [-0.1, -0.05) is 90.1 Å². The summed E-state index contributed by atoms with van der Waals surface area (Å²) in [5.41, 5.74) is 4.40. The number of para-hydroxylation sites is 1. The standard InChI is InChI=1S/C30H26N4O3/c1-21-9-5-8-14-26(21)32-29(35)19-31-37-20-30(36)34-28(23-11-3-2-4-12-23)18-27(33-34)25-16-15-22-10-6-7-13-24(22)17-25/h2-17,19,28H,18,20H2,1H3,(H,32,35). The van der Waals surface area contributed by atoms with E-state index in [1.54, 1.807) is 6.07 Å². The molecule has 37 heavy (non-hydrogen) atoms. The van der Waals surface area contributed by atoms with Crippen molar-refractivity contribution >= 4 is 40.2 Å². The van der Waals surface area contributed by atoms with Crippen molar-refractivity contribution in [3.63, 3.8) is 0 Å². The van der Waals surface area contributed by atoms with Crippen LogP contribution >= 0.6 is 0 Å². The molecule has 0 fully saturated rings. The summed E-state index contributed by atoms with van der Waals surface area (Å²) in [5, 5.41) is 14.8. The average Bonchev–Trinajstić information content (AvgIpc) is 3.38. The number of carbonyl (C=O) groups is 2. The molecule has 1 aliphatic rings. The van der Waals surface area contributed by atoms with Crippen LogP contribution in [0.3, 0.4) is 0 Å². The van der Waals surface area contributed by atoms with Gasteiger partial charge in [-0.3, -0.25) is 9.59 Å². The van der Waals surface area contributed by atoms with Gasteiger partial charge in [0, 0.05) is 12.1 Å². The number of oxime groups is 1. The quantitative estimate of drug-likeness (QED) is 0.276. The van der Waals surface area contributed by atoms with Gasteiger partial charge in [0.1, 0.15) is 6.21 Å². The Morgan fingerprint density at radius 2 is 1.70 bits per heavy atom. The van der Waals surface area contributed by atoms with E-state index < -0.39 is 5.91 Å². The molecule has 0 bridgehead atoms. The fraction of sp³-hybridized carbons (Fsp3) is 0.133. The first-order valence-corrected chi connectivity index (χ1v) is 12.0. The largest absolute Gasteiger partial charge is 0.385 e. The summed E-state index contributed by atoms with van der Waals surface area (Å²) in [4.78, 5) is 30.4. The highest BCUT2D eigenvalue weighted by Crippen LogP contribution is 2.33. The lowest BCUT2D eigenvalue weighted by Gasteiger charge is -2.21. The van der Waals surface area contributed by atoms with E-state index in [1.165, 1.54) is 5.01 Å². The van der Waals surface area contributed by atoms with Gasteiger partial charge in [0.05, 0.1) is 11.8 Å². The molecule has 0 radical (unpaired) electrons. The lowest BCUT2D eigenvalue weighted by Crippen LogP contribution is -2.30. The van der Waals surface area contributed by atoms with Crippen molar-refractivity contribution in [1.29, 1.82) is 0 Å². The van der Waals surface area contributed by atoms with Gasteiger partial charge >= 0.3 is 0 Å². The minimum absolute atomic E-state index is 0.257. The highest BCUT2D eigenvalue weighted by molar-refractivity contribution is 6.31. The molecule has 1 unspecified atom stereocenters. The van der Waals surface area contributed by atoms with Crippen molar-refractivity contribution in [3.8, 4) is 0 Å². The summed E-state index contributed by atoms with van der Waals surface area (Å²) in [6.45, 7) is 1.56. The molecule has 4 aromatic rings. The Hall–Kier alpha value is -4.78. The molecule has 4 aromatic carbocycles. The zero-order valence-electron chi connectivity index (χ0n) is 20.4. The van der Waals surface area contributed by atoms with E-state index in [1.807, 2.05) is 73.7 Å². The van der Waals surface area contributed by atoms with Gasteiger partial charge in [0.15, 0.2) is 6.61 Å². The molecule has 0 saturated carbocycles. The number of fused-ring (bicyclic) bond motifs is 1. The molecule has 184 valence electrons. The maximum Gasteiger partial charge on any atom is 0.283 e. The Morgan fingerprint density at radius 1 is 0.973 bits per heavy atom. The first-order chi connectivity index (χ1) is 18.1. The van der Waals surface area contributed by atoms with Gasteiger partial charge in [-0.25, -0.2) is 5.01 Å². The number of hydrogen-bond donors (Lipinski definition) is 1. The maximum absolute atomic E-state index is 13.1. The molecule has 5 rings (SSSR count). The molecule has 7 heteroatoms. The molecule has 0 saturated heterocycles. The summed E-state index contributed by atoms with van der Waals surface area (Å²) in [6.07, 6.45) is 1.60. The summed E-state index contributed by atoms with van der Waals surface area (Å²) in [6, 6.07) is 31.3. The van der Waals surface area contributed by atoms with Gasteiger partial charge < -0.3 is 10.2 Å². The van der Waals surface area contributed by atoms with E-state index in [2.05, 4.69) is 34.7 Å². The number of amides is 2. The van der Waals surface area contributed by atoms with Gasteiger partial charge in [0.25, 0.3) is 11.8 Å². The van der Waals surface area contributed by atoms with E-state index in [0.29, 0.717) is 12.1 Å². The van der Waals surface area contributed by atoms with Crippen molar-refractivity contribution in [2.45, 2.75) is 19.4 Å². The van der Waals surface area contributed by atoms with Crippen molar-refractivity contribution < 1.29 is 14.4 Å². The Morgan fingerprint density at radius 3 is 2.51 bits per heavy atom. The second-order valence-electron chi connectivity index (χ2n) is 8.79. The predicted molar refractivity (Wildman–Crippen MR) is 145 cm³/mol. The second kappa shape index (κ2) is 10.9. The number of nitrogens with zero attached hydrogens (tertiary/aromatic N) is 3. The third kappa shape index (κ3) is 5.56. The minimum Gasteiger partial charge on any atom is -0.385 e. The van der Waals surface area contributed by atoms with Gasteiger partial charge in [-0.15, -0.1) is 0 Å². The summed E-state index contributed by atoms with van der Waals surface area (Å²) in [5.74, 6) is -0.789. The van der Waals surface area contributed by atoms with Crippen LogP contribution in [-0.2, 0) is 14.4 Å². The first-order valence-electron chi connectivity index (χ1n) is 12.0. The predicted octanol–water partition coefficient (Wildman–Crippen LogP) is 5.47. The molecule has 1 atom stereocenters. The zero-order valence-corrected chi connectivity index (χ0v) is 20.4. The Balaban J connectivity index is 1.29. The number of rotatable bonds is 7. The van der Waals surface area contributed by atoms with E-state index in [9.17, 15) is 9.59 Å². The number of nitrogens with one attached hydrogen (secondary N) is 1. The van der Waals surface area contributed by atoms with Crippen LogP contribution in [0.2, 0.25) is 0 Å². The van der Waals surface area contributed by atoms with Crippen LogP contribution < -0.4 is 5.32 Å². The summed E-state index contributed by atoms with van der Waals surface area (Å²) < 4.78 is 0. The molecule has 1 aliphatic heterocycles. The van der Waals surface area contributed by atoms with E-state index in [4.69, 9.17) is 9.94 Å². The zero-order chi connectivity index (χ0) is 25.6. The Bertz CT molecular complexity index is 1500. The van der Waals surface area contributed by atoms with Crippen molar-refractivity contribution in [1.82, 2.24) is 5.01 Å². The Kier molecular flexibility index (Phi) is 7.03. The lowest BCUT2D eigenvalue weighted by atomic mass is 9.97. The monoisotopic (exact) mass is 490 g/mol. The number of hydrogen-bond acceptors (Lipinski definition) is 5. The maximum atomic E-state index is 13.1. The fourth-order valence-electron chi connectivity index (χ4n) is 4.34. The van der Waals surface area contributed by atoms with Crippen LogP contribution in [0.4, 0.5) is 5.69 Å². The molecular weight excluding hydrogens is 464 g/mol. The minimum atomic E-state index is -0.443. The van der Waals surface area contributed by atoms with Crippen molar-refractivity contribution in [2.24, 2.45) is 10.3 Å². The molecule has 0 aromatic heterocycles. The highest BCUT2D eigenvalue weighted by atomic mass is 16.6. The van der Waals surface area contributed by atoms with Crippen molar-refractivity contribution in [3.05, 3.63) is 114 Å². The van der Waals surface area contributed by atoms with Crippen LogP contribution in [0.1, 0.15) is 29.2 Å². The third-order valence-corrected chi connectivity index (χ3v) is 6.27. The van der Waals surface area contributed by atoms with Crippen LogP contribution in [0.15, 0.2) is 107 Å². The third-order valence-electron chi connectivity index (χ3n) is 6.27. The van der Waals surface area contributed by atoms with Crippen LogP contribution in [0, 0.1) is 6.92 Å². The molecule has 1 heterocycles. The highest BCUT2D eigenvalue weighted by Gasteiger charge is 2.33. The van der Waals surface area contributed by atoms with E-state index in [0.717, 1.165) is 39.4 Å². The normalized spacial score (nSPS) is 15.1. The van der Waals surface area contributed by atoms with Crippen LogP contribution in [-0.4, -0.2) is 35.4 Å². The number of hydrazone groups is 1. The first kappa shape index (κ1) is 23.9. The number of aryl methyl sites for hydroxylation is 1. The molecule has 0 spiro atoms. The number of carbonyl (C=O) groups excluding carboxylic acids is 2. The number of anilines is 1. The number of benzene rings is 4. The van der Waals surface area contributed by atoms with Gasteiger partial charge in [-0.2, -0.15) is 5.10 Å². The topological polar surface area (TPSA) is 83.4 Å². The van der Waals surface area contributed by atoms with E-state index in [-0.39, 0.29) is 18.6 Å². The summed E-state index contributed by atoms with van der Waals surface area (Å²) >= 11 is 0. The van der Waals surface area contributed by atoms with Crippen LogP contribution in [0.25, 0.3) is 10.8 Å². The van der Waals surface area contributed by atoms with Gasteiger partial charge in [-0.05, 0) is 46.5 Å². The molecular formula is C30H26N4O3. The average molecular weight is 491 g/mol. The summed E-state index contributed by atoms with van der Waals surface area (Å²) in [7, 11) is 0. The SMILES string of the molecule is Cc1ccccc1NC(=O)C=NOCC(=O)N1N=C(c2ccc3ccccc3c2)CC1c1ccccc1. The molecule has 7 nitrogen and oxygen atoms in total.